The van der Waals surface area contributed by atoms with Gasteiger partial charge in [-0.2, -0.15) is 0 Å². The smallest absolute Gasteiger partial charge is 0.255 e. The molecule has 1 aliphatic heterocycles. The minimum absolute atomic E-state index is 0.0927. The van der Waals surface area contributed by atoms with Crippen LogP contribution in [0.5, 0.6) is 5.75 Å². The van der Waals surface area contributed by atoms with Crippen molar-refractivity contribution in [3.63, 3.8) is 0 Å². The van der Waals surface area contributed by atoms with Crippen molar-refractivity contribution in [2.45, 2.75) is 13.1 Å². The molecule has 0 saturated heterocycles. The van der Waals surface area contributed by atoms with E-state index in [-0.39, 0.29) is 5.91 Å². The second-order valence-electron chi connectivity index (χ2n) is 4.77. The molecule has 0 fully saturated rings. The number of carbonyl (C=O) groups excluding carboxylic acids is 1. The lowest BCUT2D eigenvalue weighted by Crippen LogP contribution is -2.12. The van der Waals surface area contributed by atoms with E-state index in [1.807, 2.05) is 42.5 Å². The summed E-state index contributed by atoms with van der Waals surface area (Å²) in [5.41, 5.74) is 3.91. The third-order valence-corrected chi connectivity index (χ3v) is 3.45. The summed E-state index contributed by atoms with van der Waals surface area (Å²) in [5.74, 6) is 0.677. The van der Waals surface area contributed by atoms with Gasteiger partial charge in [-0.15, -0.1) is 0 Å². The monoisotopic (exact) mass is 268 g/mol. The first-order chi connectivity index (χ1) is 9.76. The molecule has 1 heterocycles. The van der Waals surface area contributed by atoms with Gasteiger partial charge in [0.25, 0.3) is 5.91 Å². The van der Waals surface area contributed by atoms with Gasteiger partial charge in [-0.3, -0.25) is 4.79 Å². The zero-order valence-corrected chi connectivity index (χ0v) is 11.3. The molecule has 1 aliphatic rings. The highest BCUT2D eigenvalue weighted by atomic mass is 16.5. The van der Waals surface area contributed by atoms with Crippen LogP contribution in [0.25, 0.3) is 0 Å². The minimum atomic E-state index is -0.0927. The third-order valence-electron chi connectivity index (χ3n) is 3.45. The number of rotatable bonds is 3. The van der Waals surface area contributed by atoms with E-state index in [0.29, 0.717) is 5.56 Å². The Bertz CT molecular complexity index is 635. The van der Waals surface area contributed by atoms with Gasteiger partial charge in [0, 0.05) is 24.3 Å². The fourth-order valence-electron chi connectivity index (χ4n) is 2.31. The number of methoxy groups -OCH3 is 1. The molecule has 0 bridgehead atoms. The Hall–Kier alpha value is -2.33. The van der Waals surface area contributed by atoms with Gasteiger partial charge in [-0.25, -0.2) is 0 Å². The normalized spacial score (nSPS) is 12.8. The Labute approximate surface area is 117 Å². The number of hydrogen-bond acceptors (Lipinski definition) is 3. The van der Waals surface area contributed by atoms with Crippen LogP contribution >= 0.6 is 0 Å². The molecule has 102 valence electrons. The van der Waals surface area contributed by atoms with Gasteiger partial charge in [-0.05, 0) is 47.5 Å². The van der Waals surface area contributed by atoms with Crippen LogP contribution in [0.15, 0.2) is 42.5 Å². The largest absolute Gasteiger partial charge is 0.497 e. The summed E-state index contributed by atoms with van der Waals surface area (Å²) in [4.78, 5) is 12.2. The van der Waals surface area contributed by atoms with Crippen LogP contribution in [0.4, 0.5) is 5.69 Å². The standard InChI is InChI=1S/C16H16N2O2/c1-20-15-6-4-14(5-7-15)18-16(19)11-2-3-12-9-17-10-13(12)8-11/h2-8,17H,9-10H2,1H3,(H,18,19). The molecule has 0 atom stereocenters. The van der Waals surface area contributed by atoms with Crippen molar-refractivity contribution in [2.75, 3.05) is 12.4 Å². The van der Waals surface area contributed by atoms with E-state index in [0.717, 1.165) is 24.5 Å². The van der Waals surface area contributed by atoms with E-state index in [2.05, 4.69) is 10.6 Å². The molecular weight excluding hydrogens is 252 g/mol. The summed E-state index contributed by atoms with van der Waals surface area (Å²) < 4.78 is 5.09. The maximum Gasteiger partial charge on any atom is 0.255 e. The second-order valence-corrected chi connectivity index (χ2v) is 4.77. The molecule has 0 saturated carbocycles. The Morgan fingerprint density at radius 2 is 1.85 bits per heavy atom. The highest BCUT2D eigenvalue weighted by Gasteiger charge is 2.13. The van der Waals surface area contributed by atoms with Gasteiger partial charge in [0.2, 0.25) is 0 Å². The molecule has 4 nitrogen and oxygen atoms in total. The average molecular weight is 268 g/mol. The Balaban J connectivity index is 1.75. The van der Waals surface area contributed by atoms with Gasteiger partial charge >= 0.3 is 0 Å². The van der Waals surface area contributed by atoms with Crippen molar-refractivity contribution in [1.29, 1.82) is 0 Å². The Morgan fingerprint density at radius 3 is 2.60 bits per heavy atom. The number of ether oxygens (including phenoxy) is 1. The molecule has 3 rings (SSSR count). The SMILES string of the molecule is COc1ccc(NC(=O)c2ccc3c(c2)CNC3)cc1. The quantitative estimate of drug-likeness (QED) is 0.899. The summed E-state index contributed by atoms with van der Waals surface area (Å²) >= 11 is 0. The summed E-state index contributed by atoms with van der Waals surface area (Å²) in [7, 11) is 1.62. The summed E-state index contributed by atoms with van der Waals surface area (Å²) in [5, 5.41) is 6.16. The number of anilines is 1. The molecule has 2 aromatic carbocycles. The molecule has 0 aliphatic carbocycles. The molecule has 1 amide bonds. The number of amides is 1. The zero-order valence-electron chi connectivity index (χ0n) is 11.3. The molecule has 20 heavy (non-hydrogen) atoms. The Kier molecular flexibility index (Phi) is 3.39. The van der Waals surface area contributed by atoms with Crippen molar-refractivity contribution >= 4 is 11.6 Å². The van der Waals surface area contributed by atoms with E-state index in [9.17, 15) is 4.79 Å². The van der Waals surface area contributed by atoms with Crippen LogP contribution in [0.1, 0.15) is 21.5 Å². The van der Waals surface area contributed by atoms with Crippen molar-refractivity contribution in [3.05, 3.63) is 59.2 Å². The molecule has 4 heteroatoms. The van der Waals surface area contributed by atoms with Crippen LogP contribution in [0.2, 0.25) is 0 Å². The molecule has 2 aromatic rings. The van der Waals surface area contributed by atoms with Crippen LogP contribution in [0.3, 0.4) is 0 Å². The van der Waals surface area contributed by atoms with E-state index in [1.165, 1.54) is 11.1 Å². The van der Waals surface area contributed by atoms with E-state index >= 15 is 0 Å². The van der Waals surface area contributed by atoms with Crippen molar-refractivity contribution in [1.82, 2.24) is 5.32 Å². The number of nitrogens with one attached hydrogen (secondary N) is 2. The first-order valence-electron chi connectivity index (χ1n) is 6.54. The second kappa shape index (κ2) is 5.35. The average Bonchev–Trinajstić information content (AvgIpc) is 2.95. The van der Waals surface area contributed by atoms with Gasteiger partial charge in [-0.1, -0.05) is 6.07 Å². The van der Waals surface area contributed by atoms with Crippen LogP contribution < -0.4 is 15.4 Å². The lowest BCUT2D eigenvalue weighted by molar-refractivity contribution is 0.102. The number of carbonyl (C=O) groups is 1. The molecule has 0 unspecified atom stereocenters. The maximum atomic E-state index is 12.2. The lowest BCUT2D eigenvalue weighted by atomic mass is 10.1. The maximum absolute atomic E-state index is 12.2. The molecule has 0 spiro atoms. The molecule has 0 radical (unpaired) electrons. The fourth-order valence-corrected chi connectivity index (χ4v) is 2.31. The summed E-state index contributed by atoms with van der Waals surface area (Å²) in [6.45, 7) is 1.72. The van der Waals surface area contributed by atoms with E-state index in [1.54, 1.807) is 7.11 Å². The third kappa shape index (κ3) is 2.51. The first-order valence-corrected chi connectivity index (χ1v) is 6.54. The molecule has 2 N–H and O–H groups in total. The van der Waals surface area contributed by atoms with Crippen molar-refractivity contribution in [2.24, 2.45) is 0 Å². The highest BCUT2D eigenvalue weighted by Crippen LogP contribution is 2.19. The lowest BCUT2D eigenvalue weighted by Gasteiger charge is -2.07. The molecular formula is C16H16N2O2. The minimum Gasteiger partial charge on any atom is -0.497 e. The predicted octanol–water partition coefficient (Wildman–Crippen LogP) is 2.55. The van der Waals surface area contributed by atoms with Crippen LogP contribution in [-0.2, 0) is 13.1 Å². The number of fused-ring (bicyclic) bond motifs is 1. The van der Waals surface area contributed by atoms with Crippen molar-refractivity contribution in [3.8, 4) is 5.75 Å². The highest BCUT2D eigenvalue weighted by molar-refractivity contribution is 6.04. The number of hydrogen-bond donors (Lipinski definition) is 2. The van der Waals surface area contributed by atoms with Crippen molar-refractivity contribution < 1.29 is 9.53 Å². The predicted molar refractivity (Wildman–Crippen MR) is 77.9 cm³/mol. The Morgan fingerprint density at radius 1 is 1.10 bits per heavy atom. The topological polar surface area (TPSA) is 50.4 Å². The summed E-state index contributed by atoms with van der Waals surface area (Å²) in [6, 6.07) is 13.1. The van der Waals surface area contributed by atoms with Crippen LogP contribution in [0, 0.1) is 0 Å². The summed E-state index contributed by atoms with van der Waals surface area (Å²) in [6.07, 6.45) is 0. The van der Waals surface area contributed by atoms with E-state index < -0.39 is 0 Å². The first kappa shape index (κ1) is 12.7. The zero-order chi connectivity index (χ0) is 13.9. The molecule has 0 aromatic heterocycles. The van der Waals surface area contributed by atoms with Gasteiger partial charge in [0.05, 0.1) is 7.11 Å². The number of benzene rings is 2. The van der Waals surface area contributed by atoms with Gasteiger partial charge in [0.1, 0.15) is 5.75 Å². The van der Waals surface area contributed by atoms with Gasteiger partial charge < -0.3 is 15.4 Å². The van der Waals surface area contributed by atoms with E-state index in [4.69, 9.17) is 4.74 Å². The fraction of sp³-hybridized carbons (Fsp3) is 0.188. The van der Waals surface area contributed by atoms with Crippen LogP contribution in [-0.4, -0.2) is 13.0 Å². The van der Waals surface area contributed by atoms with Gasteiger partial charge in [0.15, 0.2) is 0 Å².